The maximum Gasteiger partial charge on any atom is 0.412 e. The average molecular weight is 520 g/mol. The summed E-state index contributed by atoms with van der Waals surface area (Å²) in [6.07, 6.45) is 6.18. The summed E-state index contributed by atoms with van der Waals surface area (Å²) in [7, 11) is 1.82. The minimum atomic E-state index is -0.794. The van der Waals surface area contributed by atoms with Crippen LogP contribution in [0.4, 0.5) is 10.5 Å². The molecule has 0 spiro atoms. The van der Waals surface area contributed by atoms with Crippen LogP contribution in [0.3, 0.4) is 0 Å². The zero-order valence-corrected chi connectivity index (χ0v) is 21.4. The van der Waals surface area contributed by atoms with E-state index < -0.39 is 11.3 Å². The molecule has 2 fully saturated rings. The molecule has 4 heterocycles. The van der Waals surface area contributed by atoms with Crippen molar-refractivity contribution in [2.24, 2.45) is 7.05 Å². The highest BCUT2D eigenvalue weighted by Crippen LogP contribution is 2.41. The van der Waals surface area contributed by atoms with Crippen LogP contribution in [0.25, 0.3) is 11.3 Å². The number of amides is 1. The number of pyridine rings is 1. The van der Waals surface area contributed by atoms with Crippen LogP contribution in [0.1, 0.15) is 51.4 Å². The molecule has 178 valence electrons. The van der Waals surface area contributed by atoms with Crippen LogP contribution in [-0.4, -0.2) is 68.6 Å². The minimum Gasteiger partial charge on any atom is -0.444 e. The van der Waals surface area contributed by atoms with Gasteiger partial charge in [0.1, 0.15) is 11.3 Å². The molecule has 0 bridgehead atoms. The molecule has 33 heavy (non-hydrogen) atoms. The second-order valence-electron chi connectivity index (χ2n) is 9.99. The molecule has 4 rings (SSSR count). The van der Waals surface area contributed by atoms with Gasteiger partial charge >= 0.3 is 6.09 Å². The quantitative estimate of drug-likeness (QED) is 0.565. The number of aryl methyl sites for hydroxylation is 1. The fourth-order valence-corrected chi connectivity index (χ4v) is 5.28. The lowest BCUT2D eigenvalue weighted by Gasteiger charge is -2.39. The summed E-state index contributed by atoms with van der Waals surface area (Å²) < 4.78 is 14.4. The molecule has 2 atom stereocenters. The Balaban J connectivity index is 1.64. The lowest BCUT2D eigenvalue weighted by Crippen LogP contribution is -2.54. The number of halogens is 1. The molecular formula is C23H30BrN5O4. The van der Waals surface area contributed by atoms with Gasteiger partial charge in [-0.25, -0.2) is 4.79 Å². The standard InChI is InChI=1S/C23H30BrN5O4/c1-22(2,3)33-21(31)29-17-7-8-28(12-18(17)32-23(29,4)5)20-15(13-30)19(25-10-16(20)24)14-9-26-27(6)11-14/h9-11,13,17-18H,7-8,12H2,1-6H3/t17-,18+/m1/s1. The van der Waals surface area contributed by atoms with E-state index in [9.17, 15) is 9.59 Å². The van der Waals surface area contributed by atoms with E-state index in [2.05, 4.69) is 30.9 Å². The summed E-state index contributed by atoms with van der Waals surface area (Å²) in [6.45, 7) is 10.5. The minimum absolute atomic E-state index is 0.107. The fraction of sp³-hybridized carbons (Fsp3) is 0.565. The number of rotatable bonds is 3. The van der Waals surface area contributed by atoms with E-state index in [0.717, 1.165) is 22.0 Å². The number of hydrogen-bond acceptors (Lipinski definition) is 7. The predicted molar refractivity (Wildman–Crippen MR) is 127 cm³/mol. The molecule has 10 heteroatoms. The third kappa shape index (κ3) is 4.50. The molecule has 2 aromatic rings. The first kappa shape index (κ1) is 23.7. The number of carbonyl (C=O) groups excluding carboxylic acids is 2. The monoisotopic (exact) mass is 519 g/mol. The van der Waals surface area contributed by atoms with Crippen molar-refractivity contribution >= 4 is 34.0 Å². The number of aldehydes is 1. The summed E-state index contributed by atoms with van der Waals surface area (Å²) in [5, 5.41) is 4.21. The zero-order chi connectivity index (χ0) is 24.1. The van der Waals surface area contributed by atoms with Crippen LogP contribution in [0.5, 0.6) is 0 Å². The molecule has 0 aliphatic carbocycles. The van der Waals surface area contributed by atoms with Gasteiger partial charge in [-0.15, -0.1) is 0 Å². The molecule has 0 saturated carbocycles. The zero-order valence-electron chi connectivity index (χ0n) is 19.8. The Morgan fingerprint density at radius 1 is 1.33 bits per heavy atom. The Labute approximate surface area is 202 Å². The van der Waals surface area contributed by atoms with Gasteiger partial charge in [0.15, 0.2) is 6.29 Å². The number of hydrogen-bond donors (Lipinski definition) is 0. The van der Waals surface area contributed by atoms with Crippen molar-refractivity contribution < 1.29 is 19.1 Å². The Bertz CT molecular complexity index is 1080. The predicted octanol–water partition coefficient (Wildman–Crippen LogP) is 4.01. The Morgan fingerprint density at radius 3 is 2.67 bits per heavy atom. The van der Waals surface area contributed by atoms with Crippen molar-refractivity contribution in [3.63, 3.8) is 0 Å². The average Bonchev–Trinajstić information content (AvgIpc) is 3.24. The van der Waals surface area contributed by atoms with Gasteiger partial charge < -0.3 is 14.4 Å². The number of carbonyl (C=O) groups is 2. The molecule has 2 saturated heterocycles. The Morgan fingerprint density at radius 2 is 2.06 bits per heavy atom. The van der Waals surface area contributed by atoms with Crippen LogP contribution in [0.2, 0.25) is 0 Å². The molecule has 0 radical (unpaired) electrons. The van der Waals surface area contributed by atoms with Crippen molar-refractivity contribution in [1.29, 1.82) is 0 Å². The smallest absolute Gasteiger partial charge is 0.412 e. The summed E-state index contributed by atoms with van der Waals surface area (Å²) in [5.74, 6) is 0. The van der Waals surface area contributed by atoms with Crippen molar-refractivity contribution in [3.8, 4) is 11.3 Å². The molecule has 0 aromatic carbocycles. The van der Waals surface area contributed by atoms with Crippen molar-refractivity contribution in [3.05, 3.63) is 28.6 Å². The first-order valence-corrected chi connectivity index (χ1v) is 11.8. The van der Waals surface area contributed by atoms with Crippen LogP contribution in [-0.2, 0) is 16.5 Å². The third-order valence-corrected chi connectivity index (χ3v) is 6.50. The van der Waals surface area contributed by atoms with Crippen molar-refractivity contribution in [1.82, 2.24) is 19.7 Å². The number of piperidine rings is 1. The van der Waals surface area contributed by atoms with E-state index in [1.165, 1.54) is 0 Å². The first-order valence-electron chi connectivity index (χ1n) is 11.0. The van der Waals surface area contributed by atoms with E-state index >= 15 is 0 Å². The van der Waals surface area contributed by atoms with E-state index in [4.69, 9.17) is 9.47 Å². The summed E-state index contributed by atoms with van der Waals surface area (Å²) >= 11 is 3.59. The molecular weight excluding hydrogens is 490 g/mol. The first-order chi connectivity index (χ1) is 15.4. The third-order valence-electron chi connectivity index (χ3n) is 5.92. The Kier molecular flexibility index (Phi) is 6.03. The summed E-state index contributed by atoms with van der Waals surface area (Å²) in [6, 6.07) is -0.107. The summed E-state index contributed by atoms with van der Waals surface area (Å²) in [4.78, 5) is 33.5. The van der Waals surface area contributed by atoms with Gasteiger partial charge in [0, 0.05) is 38.1 Å². The largest absolute Gasteiger partial charge is 0.444 e. The normalized spacial score (nSPS) is 22.3. The van der Waals surface area contributed by atoms with E-state index in [1.54, 1.807) is 22.0 Å². The van der Waals surface area contributed by atoms with Gasteiger partial charge in [0.05, 0.1) is 39.8 Å². The lowest BCUT2D eigenvalue weighted by molar-refractivity contribution is -0.0766. The fourth-order valence-electron chi connectivity index (χ4n) is 4.71. The second-order valence-corrected chi connectivity index (χ2v) is 10.8. The number of nitrogens with zero attached hydrogens (tertiary/aromatic N) is 5. The molecule has 2 aromatic heterocycles. The van der Waals surface area contributed by atoms with Crippen LogP contribution >= 0.6 is 15.9 Å². The van der Waals surface area contributed by atoms with Gasteiger partial charge in [0.25, 0.3) is 0 Å². The number of ether oxygens (including phenoxy) is 2. The topological polar surface area (TPSA) is 89.8 Å². The maximum absolute atomic E-state index is 13.0. The van der Waals surface area contributed by atoms with Crippen LogP contribution in [0.15, 0.2) is 23.1 Å². The van der Waals surface area contributed by atoms with Gasteiger partial charge in [-0.1, -0.05) is 0 Å². The van der Waals surface area contributed by atoms with Gasteiger partial charge in [-0.2, -0.15) is 5.10 Å². The molecule has 0 unspecified atom stereocenters. The van der Waals surface area contributed by atoms with E-state index in [1.807, 2.05) is 47.9 Å². The van der Waals surface area contributed by atoms with E-state index in [0.29, 0.717) is 30.8 Å². The highest BCUT2D eigenvalue weighted by Gasteiger charge is 2.53. The van der Waals surface area contributed by atoms with Crippen LogP contribution < -0.4 is 4.90 Å². The van der Waals surface area contributed by atoms with Crippen molar-refractivity contribution in [2.75, 3.05) is 18.0 Å². The van der Waals surface area contributed by atoms with Crippen LogP contribution in [0, 0.1) is 0 Å². The molecule has 0 N–H and O–H groups in total. The number of anilines is 1. The van der Waals surface area contributed by atoms with Crippen molar-refractivity contribution in [2.45, 2.75) is 64.5 Å². The number of fused-ring (bicyclic) bond motifs is 1. The van der Waals surface area contributed by atoms with Gasteiger partial charge in [-0.3, -0.25) is 19.4 Å². The molecule has 2 aliphatic heterocycles. The summed E-state index contributed by atoms with van der Waals surface area (Å²) in [5.41, 5.74) is 1.25. The Hall–Kier alpha value is -2.46. The van der Waals surface area contributed by atoms with E-state index in [-0.39, 0.29) is 18.2 Å². The van der Waals surface area contributed by atoms with Gasteiger partial charge in [-0.05, 0) is 57.0 Å². The highest BCUT2D eigenvalue weighted by molar-refractivity contribution is 9.10. The molecule has 1 amide bonds. The maximum atomic E-state index is 13.0. The number of aromatic nitrogens is 3. The SMILES string of the molecule is Cn1cc(-c2ncc(Br)c(N3CC[C@@H]4[C@H](C3)OC(C)(C)N4C(=O)OC(C)(C)C)c2C=O)cn1. The molecule has 2 aliphatic rings. The second kappa shape index (κ2) is 8.39. The lowest BCUT2D eigenvalue weighted by atomic mass is 9.99. The van der Waals surface area contributed by atoms with Gasteiger partial charge in [0.2, 0.25) is 0 Å². The highest BCUT2D eigenvalue weighted by atomic mass is 79.9. The molecule has 9 nitrogen and oxygen atoms in total.